The minimum atomic E-state index is -0.174. The molecule has 1 saturated heterocycles. The number of rotatable bonds is 5. The Labute approximate surface area is 126 Å². The van der Waals surface area contributed by atoms with Crippen molar-refractivity contribution in [2.24, 2.45) is 5.73 Å². The number of nitrogens with zero attached hydrogens (tertiary/aromatic N) is 1. The number of hydrogen-bond donors (Lipinski definition) is 2. The lowest BCUT2D eigenvalue weighted by Crippen LogP contribution is -2.57. The van der Waals surface area contributed by atoms with Crippen LogP contribution in [0.1, 0.15) is 31.9 Å². The summed E-state index contributed by atoms with van der Waals surface area (Å²) >= 11 is 0. The summed E-state index contributed by atoms with van der Waals surface area (Å²) in [7, 11) is 1.66. The van der Waals surface area contributed by atoms with Crippen molar-refractivity contribution in [3.05, 3.63) is 29.8 Å². The molecule has 21 heavy (non-hydrogen) atoms. The van der Waals surface area contributed by atoms with Crippen LogP contribution >= 0.6 is 0 Å². The zero-order chi connectivity index (χ0) is 15.4. The highest BCUT2D eigenvalue weighted by Crippen LogP contribution is 2.30. The molecule has 1 aromatic carbocycles. The van der Waals surface area contributed by atoms with Crippen molar-refractivity contribution in [3.8, 4) is 5.75 Å². The lowest BCUT2D eigenvalue weighted by molar-refractivity contribution is -0.129. The molecule has 3 unspecified atom stereocenters. The van der Waals surface area contributed by atoms with Gasteiger partial charge in [-0.15, -0.1) is 0 Å². The molecule has 0 aliphatic carbocycles. The Morgan fingerprint density at radius 3 is 2.95 bits per heavy atom. The Balaban J connectivity index is 2.35. The number of piperazine rings is 1. The average molecular weight is 291 g/mol. The maximum absolute atomic E-state index is 12.0. The molecule has 3 N–H and O–H groups in total. The number of benzene rings is 1. The molecular weight excluding hydrogens is 266 g/mol. The number of hydrogen-bond acceptors (Lipinski definition) is 4. The molecule has 0 spiro atoms. The zero-order valence-corrected chi connectivity index (χ0v) is 13.0. The molecular formula is C16H25N3O2. The summed E-state index contributed by atoms with van der Waals surface area (Å²) in [6.45, 7) is 5.49. The van der Waals surface area contributed by atoms with Crippen LogP contribution in [-0.2, 0) is 4.79 Å². The van der Waals surface area contributed by atoms with Crippen molar-refractivity contribution in [2.75, 3.05) is 20.2 Å². The molecule has 116 valence electrons. The minimum Gasteiger partial charge on any atom is -0.497 e. The van der Waals surface area contributed by atoms with Gasteiger partial charge >= 0.3 is 0 Å². The predicted octanol–water partition coefficient (Wildman–Crippen LogP) is 1.29. The smallest absolute Gasteiger partial charge is 0.237 e. The molecule has 1 aromatic rings. The summed E-state index contributed by atoms with van der Waals surface area (Å²) in [6.07, 6.45) is 0.854. The molecule has 0 aromatic heterocycles. The summed E-state index contributed by atoms with van der Waals surface area (Å²) in [5, 5.41) is 2.90. The lowest BCUT2D eigenvalue weighted by Gasteiger charge is -2.41. The van der Waals surface area contributed by atoms with Crippen LogP contribution in [-0.4, -0.2) is 43.1 Å². The molecule has 0 radical (unpaired) electrons. The van der Waals surface area contributed by atoms with Crippen LogP contribution in [0.3, 0.4) is 0 Å². The fourth-order valence-electron chi connectivity index (χ4n) is 2.91. The van der Waals surface area contributed by atoms with E-state index in [9.17, 15) is 4.79 Å². The fraction of sp³-hybridized carbons (Fsp3) is 0.562. The summed E-state index contributed by atoms with van der Waals surface area (Å²) in [5.74, 6) is 0.882. The van der Waals surface area contributed by atoms with E-state index in [0.29, 0.717) is 6.54 Å². The molecule has 0 saturated carbocycles. The van der Waals surface area contributed by atoms with Gasteiger partial charge in [0.2, 0.25) is 5.91 Å². The Morgan fingerprint density at radius 2 is 2.29 bits per heavy atom. The summed E-state index contributed by atoms with van der Waals surface area (Å²) < 4.78 is 5.32. The molecule has 1 heterocycles. The highest BCUT2D eigenvalue weighted by molar-refractivity contribution is 5.82. The normalized spacial score (nSPS) is 22.5. The Kier molecular flexibility index (Phi) is 5.20. The van der Waals surface area contributed by atoms with Gasteiger partial charge in [-0.05, 0) is 31.0 Å². The first-order chi connectivity index (χ1) is 10.1. The lowest BCUT2D eigenvalue weighted by atomic mass is 9.94. The quantitative estimate of drug-likeness (QED) is 0.858. The monoisotopic (exact) mass is 291 g/mol. The molecule has 1 amide bonds. The first-order valence-corrected chi connectivity index (χ1v) is 7.51. The molecule has 1 fully saturated rings. The van der Waals surface area contributed by atoms with E-state index in [-0.39, 0.29) is 24.0 Å². The van der Waals surface area contributed by atoms with Crippen LogP contribution in [0.4, 0.5) is 0 Å². The SMILES string of the molecule is CCC(N)C(c1cccc(OC)c1)N1CCNC(=O)C1C. The topological polar surface area (TPSA) is 67.6 Å². The summed E-state index contributed by atoms with van der Waals surface area (Å²) in [5.41, 5.74) is 7.47. The van der Waals surface area contributed by atoms with Gasteiger partial charge in [0.25, 0.3) is 0 Å². The number of ether oxygens (including phenoxy) is 1. The molecule has 3 atom stereocenters. The van der Waals surface area contributed by atoms with Crippen LogP contribution < -0.4 is 15.8 Å². The molecule has 1 aliphatic rings. The van der Waals surface area contributed by atoms with Crippen LogP contribution in [0, 0.1) is 0 Å². The van der Waals surface area contributed by atoms with E-state index in [1.807, 2.05) is 25.1 Å². The highest BCUT2D eigenvalue weighted by atomic mass is 16.5. The standard InChI is InChI=1S/C16H25N3O2/c1-4-14(17)15(12-6-5-7-13(10-12)21-3)19-9-8-18-16(20)11(19)2/h5-7,10-11,14-15H,4,8-9,17H2,1-3H3,(H,18,20). The van der Waals surface area contributed by atoms with E-state index >= 15 is 0 Å². The van der Waals surface area contributed by atoms with E-state index in [1.54, 1.807) is 7.11 Å². The molecule has 1 aliphatic heterocycles. The van der Waals surface area contributed by atoms with Crippen molar-refractivity contribution in [3.63, 3.8) is 0 Å². The van der Waals surface area contributed by atoms with E-state index in [4.69, 9.17) is 10.5 Å². The number of carbonyl (C=O) groups excluding carboxylic acids is 1. The van der Waals surface area contributed by atoms with Crippen LogP contribution in [0.2, 0.25) is 0 Å². The van der Waals surface area contributed by atoms with Crippen molar-refractivity contribution in [1.82, 2.24) is 10.2 Å². The number of methoxy groups -OCH3 is 1. The van der Waals surface area contributed by atoms with Gasteiger partial charge in [0.1, 0.15) is 5.75 Å². The van der Waals surface area contributed by atoms with Crippen molar-refractivity contribution >= 4 is 5.91 Å². The molecule has 2 rings (SSSR count). The van der Waals surface area contributed by atoms with Crippen molar-refractivity contribution in [2.45, 2.75) is 38.4 Å². The van der Waals surface area contributed by atoms with Crippen LogP contribution in [0.15, 0.2) is 24.3 Å². The molecule has 0 bridgehead atoms. The van der Waals surface area contributed by atoms with Gasteiger partial charge in [-0.25, -0.2) is 0 Å². The van der Waals surface area contributed by atoms with Crippen molar-refractivity contribution in [1.29, 1.82) is 0 Å². The Hall–Kier alpha value is -1.59. The Morgan fingerprint density at radius 1 is 1.52 bits per heavy atom. The maximum atomic E-state index is 12.0. The predicted molar refractivity (Wildman–Crippen MR) is 83.2 cm³/mol. The zero-order valence-electron chi connectivity index (χ0n) is 13.0. The summed E-state index contributed by atoms with van der Waals surface area (Å²) in [4.78, 5) is 14.2. The van der Waals surface area contributed by atoms with Crippen LogP contribution in [0.5, 0.6) is 5.75 Å². The van der Waals surface area contributed by atoms with Gasteiger partial charge in [-0.1, -0.05) is 19.1 Å². The summed E-state index contributed by atoms with van der Waals surface area (Å²) in [6, 6.07) is 7.79. The highest BCUT2D eigenvalue weighted by Gasteiger charge is 2.34. The van der Waals surface area contributed by atoms with Gasteiger partial charge in [-0.3, -0.25) is 9.69 Å². The van der Waals surface area contributed by atoms with Gasteiger partial charge in [0.15, 0.2) is 0 Å². The minimum absolute atomic E-state index is 0.0196. The van der Waals surface area contributed by atoms with Gasteiger partial charge in [0.05, 0.1) is 19.2 Å². The second kappa shape index (κ2) is 6.91. The second-order valence-corrected chi connectivity index (χ2v) is 5.50. The van der Waals surface area contributed by atoms with E-state index in [0.717, 1.165) is 24.3 Å². The van der Waals surface area contributed by atoms with Gasteiger partial charge < -0.3 is 15.8 Å². The second-order valence-electron chi connectivity index (χ2n) is 5.50. The molecule has 5 nitrogen and oxygen atoms in total. The third-order valence-corrected chi connectivity index (χ3v) is 4.22. The largest absolute Gasteiger partial charge is 0.497 e. The first-order valence-electron chi connectivity index (χ1n) is 7.51. The van der Waals surface area contributed by atoms with Crippen LogP contribution in [0.25, 0.3) is 0 Å². The number of nitrogens with two attached hydrogens (primary N) is 1. The van der Waals surface area contributed by atoms with E-state index in [2.05, 4.69) is 23.2 Å². The Bertz CT molecular complexity index is 492. The number of amides is 1. The third kappa shape index (κ3) is 3.36. The van der Waals surface area contributed by atoms with E-state index in [1.165, 1.54) is 0 Å². The van der Waals surface area contributed by atoms with Gasteiger partial charge in [-0.2, -0.15) is 0 Å². The third-order valence-electron chi connectivity index (χ3n) is 4.22. The van der Waals surface area contributed by atoms with Crippen molar-refractivity contribution < 1.29 is 9.53 Å². The maximum Gasteiger partial charge on any atom is 0.237 e. The van der Waals surface area contributed by atoms with Gasteiger partial charge in [0, 0.05) is 19.1 Å². The first kappa shape index (κ1) is 15.8. The number of nitrogens with one attached hydrogen (secondary N) is 1. The van der Waals surface area contributed by atoms with E-state index < -0.39 is 0 Å². The average Bonchev–Trinajstić information content (AvgIpc) is 2.51. The fourth-order valence-corrected chi connectivity index (χ4v) is 2.91. The molecule has 5 heteroatoms. The number of carbonyl (C=O) groups is 1.